The number of para-hydroxylation sites is 2. The molecular formula is C20H18Cl2O6S. The number of hydrogen-bond acceptors (Lipinski definition) is 6. The van der Waals surface area contributed by atoms with E-state index in [1.807, 2.05) is 0 Å². The predicted octanol–water partition coefficient (Wildman–Crippen LogP) is 3.95. The minimum absolute atomic E-state index is 0.144. The Kier molecular flexibility index (Phi) is 6.82. The van der Waals surface area contributed by atoms with Crippen molar-refractivity contribution in [3.8, 4) is 11.5 Å². The lowest BCUT2D eigenvalue weighted by Gasteiger charge is -2.17. The molecule has 0 N–H and O–H groups in total. The number of hydrogen-bond donors (Lipinski definition) is 0. The Morgan fingerprint density at radius 3 is 1.55 bits per heavy atom. The van der Waals surface area contributed by atoms with E-state index in [0.29, 0.717) is 0 Å². The lowest BCUT2D eigenvalue weighted by molar-refractivity contribution is -0.138. The smallest absolute Gasteiger partial charge is 0.311 e. The van der Waals surface area contributed by atoms with Crippen LogP contribution in [0.5, 0.6) is 11.5 Å². The third-order valence-corrected chi connectivity index (χ3v) is 7.08. The summed E-state index contributed by atoms with van der Waals surface area (Å²) in [6.07, 6.45) is -0.289. The number of carbonyl (C=O) groups is 2. The molecule has 1 aliphatic rings. The maximum Gasteiger partial charge on any atom is 0.311 e. The molecule has 0 spiro atoms. The predicted molar refractivity (Wildman–Crippen MR) is 109 cm³/mol. The van der Waals surface area contributed by atoms with Crippen molar-refractivity contribution in [2.45, 2.75) is 12.8 Å². The fourth-order valence-electron chi connectivity index (χ4n) is 3.26. The number of halogens is 2. The zero-order chi connectivity index (χ0) is 21.0. The van der Waals surface area contributed by atoms with Gasteiger partial charge in [0.1, 0.15) is 11.5 Å². The molecule has 1 fully saturated rings. The molecular weight excluding hydrogens is 439 g/mol. The molecule has 0 aromatic heterocycles. The van der Waals surface area contributed by atoms with Crippen molar-refractivity contribution in [1.29, 1.82) is 0 Å². The summed E-state index contributed by atoms with van der Waals surface area (Å²) in [5, 5.41) is 0.555. The molecule has 29 heavy (non-hydrogen) atoms. The largest absolute Gasteiger partial charge is 0.425 e. The zero-order valence-electron chi connectivity index (χ0n) is 15.2. The molecule has 1 aliphatic heterocycles. The third kappa shape index (κ3) is 5.95. The van der Waals surface area contributed by atoms with Gasteiger partial charge in [0.15, 0.2) is 9.84 Å². The van der Waals surface area contributed by atoms with Crippen LogP contribution >= 0.6 is 23.2 Å². The third-order valence-electron chi connectivity index (χ3n) is 4.58. The zero-order valence-corrected chi connectivity index (χ0v) is 17.5. The highest BCUT2D eigenvalue weighted by Gasteiger charge is 2.40. The highest BCUT2D eigenvalue weighted by Crippen LogP contribution is 2.33. The van der Waals surface area contributed by atoms with E-state index < -0.39 is 33.6 Å². The number of esters is 2. The minimum atomic E-state index is -3.37. The van der Waals surface area contributed by atoms with Crippen LogP contribution in [0, 0.1) is 11.8 Å². The number of carbonyl (C=O) groups excluding carboxylic acids is 2. The highest BCUT2D eigenvalue weighted by atomic mass is 35.5. The summed E-state index contributed by atoms with van der Waals surface area (Å²) in [7, 11) is -3.37. The first-order valence-corrected chi connectivity index (χ1v) is 11.4. The fraction of sp³-hybridized carbons (Fsp3) is 0.300. The first-order chi connectivity index (χ1) is 13.7. The number of sulfone groups is 1. The Labute approximate surface area is 178 Å². The molecule has 0 unspecified atom stereocenters. The quantitative estimate of drug-likeness (QED) is 0.483. The monoisotopic (exact) mass is 456 g/mol. The van der Waals surface area contributed by atoms with E-state index in [-0.39, 0.29) is 45.9 Å². The van der Waals surface area contributed by atoms with Crippen LogP contribution in [0.4, 0.5) is 0 Å². The van der Waals surface area contributed by atoms with E-state index in [9.17, 15) is 18.0 Å². The Balaban J connectivity index is 1.64. The highest BCUT2D eigenvalue weighted by molar-refractivity contribution is 7.91. The molecule has 0 radical (unpaired) electrons. The Morgan fingerprint density at radius 1 is 0.793 bits per heavy atom. The van der Waals surface area contributed by atoms with Crippen LogP contribution < -0.4 is 9.47 Å². The van der Waals surface area contributed by atoms with Crippen LogP contribution in [0.25, 0.3) is 0 Å². The van der Waals surface area contributed by atoms with Gasteiger partial charge in [-0.15, -0.1) is 0 Å². The molecule has 0 saturated carbocycles. The molecule has 2 atom stereocenters. The van der Waals surface area contributed by atoms with Crippen LogP contribution in [0.1, 0.15) is 12.8 Å². The van der Waals surface area contributed by atoms with Crippen molar-refractivity contribution in [2.75, 3.05) is 11.5 Å². The number of benzene rings is 2. The normalized spacial score (nSPS) is 20.2. The van der Waals surface area contributed by atoms with Gasteiger partial charge in [-0.2, -0.15) is 0 Å². The van der Waals surface area contributed by atoms with Crippen molar-refractivity contribution < 1.29 is 27.5 Å². The summed E-state index contributed by atoms with van der Waals surface area (Å²) >= 11 is 11.9. The lowest BCUT2D eigenvalue weighted by Crippen LogP contribution is -2.23. The van der Waals surface area contributed by atoms with Gasteiger partial charge < -0.3 is 9.47 Å². The summed E-state index contributed by atoms with van der Waals surface area (Å²) < 4.78 is 34.7. The summed E-state index contributed by atoms with van der Waals surface area (Å²) in [6, 6.07) is 13.0. The van der Waals surface area contributed by atoms with Gasteiger partial charge >= 0.3 is 11.9 Å². The topological polar surface area (TPSA) is 86.7 Å². The molecule has 1 heterocycles. The van der Waals surface area contributed by atoms with Gasteiger partial charge in [0.05, 0.1) is 34.4 Å². The second-order valence-electron chi connectivity index (χ2n) is 6.81. The summed E-state index contributed by atoms with van der Waals surface area (Å²) in [5.74, 6) is -2.27. The molecule has 6 nitrogen and oxygen atoms in total. The SMILES string of the molecule is O=C(C[C@@H]1CS(=O)(=O)C[C@H]1CC(=O)Oc1ccccc1Cl)Oc1ccccc1Cl. The van der Waals surface area contributed by atoms with Gasteiger partial charge in [0, 0.05) is 0 Å². The lowest BCUT2D eigenvalue weighted by atomic mass is 9.90. The Hall–Kier alpha value is -2.09. The maximum atomic E-state index is 12.3. The molecule has 154 valence electrons. The van der Waals surface area contributed by atoms with Crippen LogP contribution in [-0.4, -0.2) is 31.9 Å². The van der Waals surface area contributed by atoms with E-state index in [4.69, 9.17) is 32.7 Å². The van der Waals surface area contributed by atoms with Crippen LogP contribution in [0.2, 0.25) is 10.0 Å². The van der Waals surface area contributed by atoms with E-state index >= 15 is 0 Å². The van der Waals surface area contributed by atoms with Crippen LogP contribution in [0.15, 0.2) is 48.5 Å². The maximum absolute atomic E-state index is 12.3. The summed E-state index contributed by atoms with van der Waals surface area (Å²) in [5.41, 5.74) is 0. The first-order valence-electron chi connectivity index (χ1n) is 8.84. The van der Waals surface area contributed by atoms with Gasteiger partial charge in [-0.3, -0.25) is 9.59 Å². The Bertz CT molecular complexity index is 946. The molecule has 0 bridgehead atoms. The second-order valence-corrected chi connectivity index (χ2v) is 9.78. The van der Waals surface area contributed by atoms with E-state index in [1.54, 1.807) is 48.5 Å². The van der Waals surface area contributed by atoms with Crippen molar-refractivity contribution in [1.82, 2.24) is 0 Å². The molecule has 1 saturated heterocycles. The van der Waals surface area contributed by atoms with Crippen LogP contribution in [0.3, 0.4) is 0 Å². The van der Waals surface area contributed by atoms with Gasteiger partial charge in [0.2, 0.25) is 0 Å². The van der Waals surface area contributed by atoms with E-state index in [0.717, 1.165) is 0 Å². The number of rotatable bonds is 6. The van der Waals surface area contributed by atoms with E-state index in [1.165, 1.54) is 0 Å². The van der Waals surface area contributed by atoms with Crippen LogP contribution in [-0.2, 0) is 19.4 Å². The van der Waals surface area contributed by atoms with Gasteiger partial charge in [-0.05, 0) is 36.1 Å². The van der Waals surface area contributed by atoms with Crippen molar-refractivity contribution in [3.63, 3.8) is 0 Å². The summed E-state index contributed by atoms with van der Waals surface area (Å²) in [6.45, 7) is 0. The standard InChI is InChI=1S/C20H18Cl2O6S/c21-15-5-1-3-7-17(15)27-19(23)9-13-11-29(25,26)12-14(13)10-20(24)28-18-8-4-2-6-16(18)22/h1-8,13-14H,9-12H2/t13-,14-/m1/s1. The van der Waals surface area contributed by atoms with Crippen molar-refractivity contribution in [2.24, 2.45) is 11.8 Å². The molecule has 2 aromatic carbocycles. The van der Waals surface area contributed by atoms with Gasteiger partial charge in [0.25, 0.3) is 0 Å². The van der Waals surface area contributed by atoms with Crippen molar-refractivity contribution in [3.05, 3.63) is 58.6 Å². The van der Waals surface area contributed by atoms with Gasteiger partial charge in [-0.25, -0.2) is 8.42 Å². The molecule has 3 rings (SSSR count). The summed E-state index contributed by atoms with van der Waals surface area (Å²) in [4.78, 5) is 24.6. The number of ether oxygens (including phenoxy) is 2. The average Bonchev–Trinajstić information content (AvgIpc) is 2.92. The van der Waals surface area contributed by atoms with E-state index in [2.05, 4.69) is 0 Å². The molecule has 2 aromatic rings. The fourth-order valence-corrected chi connectivity index (χ4v) is 5.82. The Morgan fingerprint density at radius 2 is 1.17 bits per heavy atom. The molecule has 0 amide bonds. The first kappa shape index (κ1) is 21.6. The minimum Gasteiger partial charge on any atom is -0.425 e. The average molecular weight is 457 g/mol. The molecule has 0 aliphatic carbocycles. The second kappa shape index (κ2) is 9.15. The van der Waals surface area contributed by atoms with Gasteiger partial charge in [-0.1, -0.05) is 47.5 Å². The van der Waals surface area contributed by atoms with Crippen molar-refractivity contribution >= 4 is 45.0 Å². The molecule has 9 heteroatoms.